The molecule has 3 N–H and O–H groups in total. The lowest BCUT2D eigenvalue weighted by atomic mass is 9.93. The highest BCUT2D eigenvalue weighted by Gasteiger charge is 2.18. The van der Waals surface area contributed by atoms with Gasteiger partial charge in [-0.3, -0.25) is 0 Å². The van der Waals surface area contributed by atoms with E-state index in [2.05, 4.69) is 20.8 Å². The normalized spacial score (nSPS) is 11.5. The monoisotopic (exact) mass is 576 g/mol. The molecule has 4 rings (SSSR count). The largest absolute Gasteiger partial charge is 0.504 e. The van der Waals surface area contributed by atoms with Crippen LogP contribution in [0.4, 0.5) is 0 Å². The van der Waals surface area contributed by atoms with E-state index in [4.69, 9.17) is 14.2 Å². The van der Waals surface area contributed by atoms with Gasteiger partial charge >= 0.3 is 0 Å². The first-order chi connectivity index (χ1) is 20.5. The number of hydrogen-bond donors (Lipinski definition) is 3. The highest BCUT2D eigenvalue weighted by atomic mass is 16.5. The third-order valence-electron chi connectivity index (χ3n) is 7.93. The third-order valence-corrected chi connectivity index (χ3v) is 7.93. The summed E-state index contributed by atoms with van der Waals surface area (Å²) in [6, 6.07) is 10.7. The summed E-state index contributed by atoms with van der Waals surface area (Å²) in [5.41, 5.74) is 0. The minimum Gasteiger partial charge on any atom is -0.504 e. The van der Waals surface area contributed by atoms with Gasteiger partial charge in [0, 0.05) is 0 Å². The van der Waals surface area contributed by atoms with Gasteiger partial charge in [-0.05, 0) is 88.0 Å². The number of rotatable bonds is 18. The molecular weight excluding hydrogens is 528 g/mol. The second-order valence-corrected chi connectivity index (χ2v) is 11.3. The molecule has 0 aliphatic rings. The minimum atomic E-state index is 0.0469. The zero-order valence-electron chi connectivity index (χ0n) is 25.6. The van der Waals surface area contributed by atoms with Gasteiger partial charge in [0.2, 0.25) is 0 Å². The van der Waals surface area contributed by atoms with Crippen molar-refractivity contribution in [3.05, 3.63) is 36.4 Å². The highest BCUT2D eigenvalue weighted by molar-refractivity contribution is 6.26. The lowest BCUT2D eigenvalue weighted by molar-refractivity contribution is 0.289. The maximum Gasteiger partial charge on any atom is 0.161 e. The van der Waals surface area contributed by atoms with E-state index < -0.39 is 0 Å². The molecule has 0 amide bonds. The van der Waals surface area contributed by atoms with Crippen LogP contribution in [0.2, 0.25) is 0 Å². The molecule has 0 fully saturated rings. The molecule has 0 aliphatic heterocycles. The molecule has 0 spiro atoms. The molecule has 0 radical (unpaired) electrons. The van der Waals surface area contributed by atoms with Crippen molar-refractivity contribution in [2.45, 2.75) is 97.8 Å². The predicted molar refractivity (Wildman–Crippen MR) is 173 cm³/mol. The van der Waals surface area contributed by atoms with Gasteiger partial charge in [0.05, 0.1) is 19.8 Å². The lowest BCUT2D eigenvalue weighted by Gasteiger charge is -2.17. The SMILES string of the molecule is CCCCCCOc1cc2c(cc1O)c1cc(O)c(OCCCCCC)cc1c1cc(OCCCCCC)c(O)cc21. The van der Waals surface area contributed by atoms with Crippen LogP contribution in [0.1, 0.15) is 97.8 Å². The average Bonchev–Trinajstić information content (AvgIpc) is 2.98. The summed E-state index contributed by atoms with van der Waals surface area (Å²) >= 11 is 0. The molecule has 6 heteroatoms. The summed E-state index contributed by atoms with van der Waals surface area (Å²) in [5, 5.41) is 37.8. The molecule has 4 aromatic carbocycles. The maximum absolute atomic E-state index is 11.0. The van der Waals surface area contributed by atoms with E-state index in [1.165, 1.54) is 0 Å². The number of aromatic hydroxyl groups is 3. The van der Waals surface area contributed by atoms with Crippen molar-refractivity contribution in [1.82, 2.24) is 0 Å². The van der Waals surface area contributed by atoms with Gasteiger partial charge in [0.25, 0.3) is 0 Å². The molecule has 0 heterocycles. The molecular formula is C36H48O6. The van der Waals surface area contributed by atoms with Crippen molar-refractivity contribution in [1.29, 1.82) is 0 Å². The van der Waals surface area contributed by atoms with E-state index in [0.717, 1.165) is 109 Å². The number of ether oxygens (including phenoxy) is 3. The van der Waals surface area contributed by atoms with Crippen LogP contribution in [0.25, 0.3) is 32.3 Å². The molecule has 0 atom stereocenters. The molecule has 0 aliphatic carbocycles. The van der Waals surface area contributed by atoms with Crippen LogP contribution >= 0.6 is 0 Å². The fraction of sp³-hybridized carbons (Fsp3) is 0.500. The van der Waals surface area contributed by atoms with Gasteiger partial charge in [-0.1, -0.05) is 78.6 Å². The van der Waals surface area contributed by atoms with Gasteiger partial charge in [0.15, 0.2) is 34.5 Å². The summed E-state index contributed by atoms with van der Waals surface area (Å²) in [7, 11) is 0. The van der Waals surface area contributed by atoms with Crippen molar-refractivity contribution in [3.63, 3.8) is 0 Å². The third kappa shape index (κ3) is 7.64. The Morgan fingerprint density at radius 1 is 0.381 bits per heavy atom. The number of benzene rings is 4. The Hall–Kier alpha value is -3.54. The van der Waals surface area contributed by atoms with Crippen molar-refractivity contribution < 1.29 is 29.5 Å². The Balaban J connectivity index is 1.80. The summed E-state index contributed by atoms with van der Waals surface area (Å²) < 4.78 is 18.1. The van der Waals surface area contributed by atoms with Crippen LogP contribution in [0.15, 0.2) is 36.4 Å². The number of unbranched alkanes of at least 4 members (excludes halogenated alkanes) is 9. The average molecular weight is 577 g/mol. The first kappa shape index (κ1) is 31.4. The summed E-state index contributed by atoms with van der Waals surface area (Å²) in [4.78, 5) is 0. The summed E-state index contributed by atoms with van der Waals surface area (Å²) in [5.74, 6) is 1.43. The van der Waals surface area contributed by atoms with Crippen LogP contribution in [0.3, 0.4) is 0 Å². The fourth-order valence-corrected chi connectivity index (χ4v) is 5.52. The standard InChI is InChI=1S/C36H48O6/c1-4-7-10-13-16-40-34-22-28-25(19-31(34)37)26-20-32(38)35(41-17-14-11-8-5-2)23-29(26)30-24-36(33(39)21-27(28)30)42-18-15-12-9-6-3/h19-24,37-39H,4-18H2,1-3H3. The second kappa shape index (κ2) is 15.6. The number of fused-ring (bicyclic) bond motifs is 6. The molecule has 0 aromatic heterocycles. The van der Waals surface area contributed by atoms with E-state index in [1.807, 2.05) is 18.2 Å². The fourth-order valence-electron chi connectivity index (χ4n) is 5.52. The second-order valence-electron chi connectivity index (χ2n) is 11.3. The van der Waals surface area contributed by atoms with Gasteiger partial charge in [-0.25, -0.2) is 0 Å². The van der Waals surface area contributed by atoms with E-state index in [0.29, 0.717) is 37.1 Å². The molecule has 0 bridgehead atoms. The van der Waals surface area contributed by atoms with Crippen LogP contribution in [-0.4, -0.2) is 35.1 Å². The number of phenols is 3. The Bertz CT molecular complexity index is 1460. The molecule has 0 saturated heterocycles. The smallest absolute Gasteiger partial charge is 0.161 e. The minimum absolute atomic E-state index is 0.0469. The van der Waals surface area contributed by atoms with Crippen molar-refractivity contribution in [3.8, 4) is 34.5 Å². The molecule has 4 aromatic rings. The van der Waals surface area contributed by atoms with Crippen LogP contribution in [0, 0.1) is 0 Å². The van der Waals surface area contributed by atoms with E-state index in [1.54, 1.807) is 18.2 Å². The first-order valence-electron chi connectivity index (χ1n) is 16.0. The Morgan fingerprint density at radius 3 is 0.905 bits per heavy atom. The quantitative estimate of drug-likeness (QED) is 0.0807. The van der Waals surface area contributed by atoms with Crippen molar-refractivity contribution in [2.75, 3.05) is 19.8 Å². The number of phenolic OH excluding ortho intramolecular Hbond substituents is 3. The van der Waals surface area contributed by atoms with Gasteiger partial charge in [0.1, 0.15) is 0 Å². The zero-order valence-corrected chi connectivity index (χ0v) is 25.6. The maximum atomic E-state index is 11.0. The topological polar surface area (TPSA) is 88.4 Å². The Morgan fingerprint density at radius 2 is 0.643 bits per heavy atom. The van der Waals surface area contributed by atoms with E-state index in [9.17, 15) is 15.3 Å². The first-order valence-corrected chi connectivity index (χ1v) is 16.0. The number of hydrogen-bond acceptors (Lipinski definition) is 6. The van der Waals surface area contributed by atoms with Crippen LogP contribution in [-0.2, 0) is 0 Å². The van der Waals surface area contributed by atoms with E-state index >= 15 is 0 Å². The van der Waals surface area contributed by atoms with Crippen molar-refractivity contribution in [2.24, 2.45) is 0 Å². The molecule has 0 unspecified atom stereocenters. The summed E-state index contributed by atoms with van der Waals surface area (Å²) in [6.07, 6.45) is 12.9. The van der Waals surface area contributed by atoms with Crippen molar-refractivity contribution >= 4 is 32.3 Å². The lowest BCUT2D eigenvalue weighted by Crippen LogP contribution is -1.99. The Kier molecular flexibility index (Phi) is 11.7. The zero-order chi connectivity index (χ0) is 29.9. The van der Waals surface area contributed by atoms with E-state index in [-0.39, 0.29) is 17.2 Å². The summed E-state index contributed by atoms with van der Waals surface area (Å²) in [6.45, 7) is 8.09. The molecule has 42 heavy (non-hydrogen) atoms. The van der Waals surface area contributed by atoms with Gasteiger partial charge in [-0.15, -0.1) is 0 Å². The Labute approximate surface area is 250 Å². The van der Waals surface area contributed by atoms with Gasteiger partial charge in [-0.2, -0.15) is 0 Å². The van der Waals surface area contributed by atoms with Crippen LogP contribution < -0.4 is 14.2 Å². The van der Waals surface area contributed by atoms with Crippen LogP contribution in [0.5, 0.6) is 34.5 Å². The molecule has 228 valence electrons. The molecule has 6 nitrogen and oxygen atoms in total. The van der Waals surface area contributed by atoms with Gasteiger partial charge < -0.3 is 29.5 Å². The molecule has 0 saturated carbocycles. The predicted octanol–water partition coefficient (Wildman–Crippen LogP) is 10.1. The highest BCUT2D eigenvalue weighted by Crippen LogP contribution is 2.46.